The third kappa shape index (κ3) is 4.53. The molecule has 1 aliphatic heterocycles. The lowest BCUT2D eigenvalue weighted by Crippen LogP contribution is -2.53. The number of rotatable bonds is 4. The van der Waals surface area contributed by atoms with E-state index in [1.165, 1.54) is 5.56 Å². The molecule has 0 aromatic carbocycles. The Labute approximate surface area is 176 Å². The van der Waals surface area contributed by atoms with Crippen molar-refractivity contribution in [3.63, 3.8) is 0 Å². The summed E-state index contributed by atoms with van der Waals surface area (Å²) in [5.41, 5.74) is 2.09. The first-order valence-electron chi connectivity index (χ1n) is 9.97. The van der Waals surface area contributed by atoms with E-state index in [9.17, 15) is 9.59 Å². The number of carbonyl (C=O) groups excluding carboxylic acids is 2. The lowest BCUT2D eigenvalue weighted by Gasteiger charge is -2.29. The highest BCUT2D eigenvalue weighted by molar-refractivity contribution is 7.13. The smallest absolute Gasteiger partial charge is 0.272 e. The number of nitrogens with zero attached hydrogens (tertiary/aromatic N) is 3. The van der Waals surface area contributed by atoms with Crippen molar-refractivity contribution in [1.29, 1.82) is 0 Å². The molecule has 2 amide bonds. The lowest BCUT2D eigenvalue weighted by molar-refractivity contribution is -0.124. The summed E-state index contributed by atoms with van der Waals surface area (Å²) in [4.78, 5) is 33.7. The van der Waals surface area contributed by atoms with Gasteiger partial charge in [-0.05, 0) is 49.4 Å². The number of hydrogen-bond acceptors (Lipinski definition) is 5. The van der Waals surface area contributed by atoms with Crippen LogP contribution in [0.15, 0.2) is 11.4 Å². The number of likely N-dealkylation sites (N-methyl/N-ethyl adjacent to an activating group) is 1. The fraction of sp³-hybridized carbons (Fsp3) is 0.571. The second-order valence-electron chi connectivity index (χ2n) is 8.85. The van der Waals surface area contributed by atoms with Crippen molar-refractivity contribution in [2.45, 2.75) is 53.2 Å². The van der Waals surface area contributed by atoms with Gasteiger partial charge in [-0.2, -0.15) is 0 Å². The van der Waals surface area contributed by atoms with E-state index in [0.717, 1.165) is 35.9 Å². The first-order chi connectivity index (χ1) is 13.6. The number of aryl methyl sites for hydroxylation is 1. The molecule has 1 unspecified atom stereocenters. The molecule has 3 rings (SSSR count). The third-order valence-electron chi connectivity index (χ3n) is 5.23. The first-order valence-corrected chi connectivity index (χ1v) is 10.9. The van der Waals surface area contributed by atoms with Crippen LogP contribution in [-0.4, -0.2) is 52.9 Å². The van der Waals surface area contributed by atoms with Crippen molar-refractivity contribution in [2.75, 3.05) is 20.6 Å². The molecule has 2 aromatic heterocycles. The number of imidazole rings is 1. The van der Waals surface area contributed by atoms with Gasteiger partial charge in [-0.25, -0.2) is 4.98 Å². The highest BCUT2D eigenvalue weighted by Gasteiger charge is 2.34. The Hall–Kier alpha value is -2.19. The number of nitrogens with one attached hydrogen (secondary N) is 2. The molecule has 1 atom stereocenters. The van der Waals surface area contributed by atoms with E-state index in [-0.39, 0.29) is 11.8 Å². The Morgan fingerprint density at radius 3 is 2.59 bits per heavy atom. The third-order valence-corrected chi connectivity index (χ3v) is 6.27. The molecular formula is C21H31N5O2S. The van der Waals surface area contributed by atoms with Gasteiger partial charge in [0.15, 0.2) is 11.5 Å². The number of fused-ring (bicyclic) bond motifs is 1. The fourth-order valence-electron chi connectivity index (χ4n) is 3.66. The molecule has 0 saturated carbocycles. The molecule has 158 valence electrons. The van der Waals surface area contributed by atoms with Crippen molar-refractivity contribution in [3.8, 4) is 10.7 Å². The minimum atomic E-state index is -0.645. The topological polar surface area (TPSA) is 79.3 Å². The van der Waals surface area contributed by atoms with E-state index in [1.54, 1.807) is 18.4 Å². The standard InChI is InChI=1S/C21H31N5O2S/c1-13-10-15(29-12-13)18-23-16(14-11-25(6)8-7-9-26(14)18)19(27)24-17(20(28)22-5)21(2,3)4/h10,12,17H,7-9,11H2,1-6H3,(H,22,28)(H,24,27). The molecule has 0 bridgehead atoms. The molecule has 0 aliphatic carbocycles. The van der Waals surface area contributed by atoms with Crippen molar-refractivity contribution >= 4 is 23.2 Å². The van der Waals surface area contributed by atoms with Crippen molar-refractivity contribution in [2.24, 2.45) is 5.41 Å². The predicted octanol–water partition coefficient (Wildman–Crippen LogP) is 2.65. The average molecular weight is 418 g/mol. The van der Waals surface area contributed by atoms with Crippen molar-refractivity contribution in [1.82, 2.24) is 25.1 Å². The predicted molar refractivity (Wildman–Crippen MR) is 116 cm³/mol. The van der Waals surface area contributed by atoms with Crippen LogP contribution >= 0.6 is 11.3 Å². The average Bonchev–Trinajstić information content (AvgIpc) is 3.16. The zero-order valence-corrected chi connectivity index (χ0v) is 18.9. The minimum Gasteiger partial charge on any atom is -0.357 e. The van der Waals surface area contributed by atoms with Crippen LogP contribution in [-0.2, 0) is 17.9 Å². The molecule has 2 N–H and O–H groups in total. The van der Waals surface area contributed by atoms with Gasteiger partial charge in [0, 0.05) is 20.1 Å². The van der Waals surface area contributed by atoms with Crippen LogP contribution in [0.3, 0.4) is 0 Å². The first kappa shape index (κ1) is 21.5. The molecule has 1 aliphatic rings. The van der Waals surface area contributed by atoms with E-state index in [0.29, 0.717) is 12.2 Å². The molecule has 0 radical (unpaired) electrons. The Bertz CT molecular complexity index is 909. The van der Waals surface area contributed by atoms with Crippen LogP contribution in [0.25, 0.3) is 10.7 Å². The fourth-order valence-corrected chi connectivity index (χ4v) is 4.55. The summed E-state index contributed by atoms with van der Waals surface area (Å²) in [5.74, 6) is 0.334. The van der Waals surface area contributed by atoms with Gasteiger partial charge < -0.3 is 20.1 Å². The van der Waals surface area contributed by atoms with E-state index in [2.05, 4.69) is 45.5 Å². The zero-order valence-electron chi connectivity index (χ0n) is 18.1. The van der Waals surface area contributed by atoms with Crippen LogP contribution in [0.1, 0.15) is 48.9 Å². The van der Waals surface area contributed by atoms with Crippen LogP contribution in [0.2, 0.25) is 0 Å². The summed E-state index contributed by atoms with van der Waals surface area (Å²) < 4.78 is 2.18. The van der Waals surface area contributed by atoms with E-state index in [1.807, 2.05) is 20.8 Å². The summed E-state index contributed by atoms with van der Waals surface area (Å²) in [5, 5.41) is 7.69. The molecule has 29 heavy (non-hydrogen) atoms. The van der Waals surface area contributed by atoms with Crippen molar-refractivity contribution < 1.29 is 9.59 Å². The molecule has 7 nitrogen and oxygen atoms in total. The summed E-state index contributed by atoms with van der Waals surface area (Å²) >= 11 is 1.64. The molecule has 0 spiro atoms. The van der Waals surface area contributed by atoms with E-state index < -0.39 is 11.5 Å². The summed E-state index contributed by atoms with van der Waals surface area (Å²) in [6, 6.07) is 1.47. The summed E-state index contributed by atoms with van der Waals surface area (Å²) in [7, 11) is 3.64. The Kier molecular flexibility index (Phi) is 6.14. The van der Waals surface area contributed by atoms with Gasteiger partial charge in [-0.3, -0.25) is 9.59 Å². The van der Waals surface area contributed by atoms with Gasteiger partial charge in [0.25, 0.3) is 5.91 Å². The molecule has 3 heterocycles. The second-order valence-corrected chi connectivity index (χ2v) is 9.76. The zero-order chi connectivity index (χ0) is 21.3. The number of thiophene rings is 1. The number of aromatic nitrogens is 2. The SMILES string of the molecule is CNC(=O)C(NC(=O)c1nc(-c2cc(C)cs2)n2c1CN(C)CCC2)C(C)(C)C. The molecule has 8 heteroatoms. The quantitative estimate of drug-likeness (QED) is 0.802. The summed E-state index contributed by atoms with van der Waals surface area (Å²) in [6.07, 6.45) is 1.00. The number of hydrogen-bond donors (Lipinski definition) is 2. The number of amides is 2. The van der Waals surface area contributed by atoms with Gasteiger partial charge in [-0.15, -0.1) is 11.3 Å². The Morgan fingerprint density at radius 2 is 2.00 bits per heavy atom. The van der Waals surface area contributed by atoms with E-state index >= 15 is 0 Å². The Morgan fingerprint density at radius 1 is 1.28 bits per heavy atom. The van der Waals surface area contributed by atoms with Gasteiger partial charge >= 0.3 is 0 Å². The van der Waals surface area contributed by atoms with E-state index in [4.69, 9.17) is 4.98 Å². The largest absolute Gasteiger partial charge is 0.357 e. The maximum absolute atomic E-state index is 13.3. The maximum Gasteiger partial charge on any atom is 0.272 e. The molecule has 2 aromatic rings. The van der Waals surface area contributed by atoms with Crippen LogP contribution in [0, 0.1) is 12.3 Å². The lowest BCUT2D eigenvalue weighted by atomic mass is 9.86. The molecule has 0 saturated heterocycles. The van der Waals surface area contributed by atoms with Gasteiger partial charge in [0.2, 0.25) is 5.91 Å². The van der Waals surface area contributed by atoms with Crippen molar-refractivity contribution in [3.05, 3.63) is 28.4 Å². The van der Waals surface area contributed by atoms with Gasteiger partial charge in [-0.1, -0.05) is 20.8 Å². The minimum absolute atomic E-state index is 0.206. The maximum atomic E-state index is 13.3. The summed E-state index contributed by atoms with van der Waals surface area (Å²) in [6.45, 7) is 10.3. The monoisotopic (exact) mass is 417 g/mol. The molecule has 0 fully saturated rings. The van der Waals surface area contributed by atoms with Crippen LogP contribution in [0.5, 0.6) is 0 Å². The molecular weight excluding hydrogens is 386 g/mol. The highest BCUT2D eigenvalue weighted by atomic mass is 32.1. The highest BCUT2D eigenvalue weighted by Crippen LogP contribution is 2.31. The van der Waals surface area contributed by atoms with Crippen LogP contribution < -0.4 is 10.6 Å². The normalized spacial score (nSPS) is 16.1. The van der Waals surface area contributed by atoms with Crippen LogP contribution in [0.4, 0.5) is 0 Å². The van der Waals surface area contributed by atoms with Gasteiger partial charge in [0.1, 0.15) is 6.04 Å². The number of carbonyl (C=O) groups is 2. The Balaban J connectivity index is 2.03. The van der Waals surface area contributed by atoms with Gasteiger partial charge in [0.05, 0.1) is 10.6 Å². The second kappa shape index (κ2) is 8.28.